The van der Waals surface area contributed by atoms with Crippen LogP contribution in [0.4, 0.5) is 10.8 Å². The van der Waals surface area contributed by atoms with Gasteiger partial charge in [0.15, 0.2) is 10.2 Å². The van der Waals surface area contributed by atoms with Crippen molar-refractivity contribution < 1.29 is 0 Å². The number of benzene rings is 1. The van der Waals surface area contributed by atoms with Gasteiger partial charge in [0.2, 0.25) is 0 Å². The monoisotopic (exact) mass is 249 g/mol. The Labute approximate surface area is 104 Å². The van der Waals surface area contributed by atoms with Crippen LogP contribution in [0, 0.1) is 6.92 Å². The first kappa shape index (κ1) is 11.0. The number of aromatic nitrogens is 1. The molecular weight excluding hydrogens is 238 g/mol. The summed E-state index contributed by atoms with van der Waals surface area (Å²) in [6.07, 6.45) is 1.82. The van der Waals surface area contributed by atoms with E-state index in [0.29, 0.717) is 5.11 Å². The van der Waals surface area contributed by atoms with Gasteiger partial charge in [0.1, 0.15) is 0 Å². The van der Waals surface area contributed by atoms with E-state index in [1.54, 1.807) is 11.3 Å². The lowest BCUT2D eigenvalue weighted by atomic mass is 10.3. The molecule has 1 heterocycles. The van der Waals surface area contributed by atoms with Crippen molar-refractivity contribution in [3.63, 3.8) is 0 Å². The second kappa shape index (κ2) is 5.05. The Kier molecular flexibility index (Phi) is 3.48. The topological polar surface area (TPSA) is 37.0 Å². The number of nitrogens with one attached hydrogen (secondary N) is 2. The van der Waals surface area contributed by atoms with Crippen molar-refractivity contribution in [1.82, 2.24) is 4.98 Å². The smallest absolute Gasteiger partial charge is 0.189 e. The molecule has 0 atom stereocenters. The Bertz CT molecular complexity index is 479. The summed E-state index contributed by atoms with van der Waals surface area (Å²) in [6.45, 7) is 2.01. The first-order valence-electron chi connectivity index (χ1n) is 4.79. The third-order valence-corrected chi connectivity index (χ3v) is 2.91. The zero-order valence-electron chi connectivity index (χ0n) is 8.73. The number of anilines is 2. The lowest BCUT2D eigenvalue weighted by Crippen LogP contribution is -2.18. The van der Waals surface area contributed by atoms with E-state index in [0.717, 1.165) is 15.7 Å². The van der Waals surface area contributed by atoms with Crippen LogP contribution in [0.3, 0.4) is 0 Å². The third kappa shape index (κ3) is 3.01. The van der Waals surface area contributed by atoms with Gasteiger partial charge in [-0.05, 0) is 31.3 Å². The van der Waals surface area contributed by atoms with Crippen molar-refractivity contribution in [3.05, 3.63) is 41.4 Å². The first-order valence-corrected chi connectivity index (χ1v) is 6.02. The highest BCUT2D eigenvalue weighted by Crippen LogP contribution is 2.16. The van der Waals surface area contributed by atoms with Crippen LogP contribution in [0.2, 0.25) is 0 Å². The van der Waals surface area contributed by atoms with Crippen LogP contribution < -0.4 is 10.6 Å². The molecule has 0 bridgehead atoms. The Morgan fingerprint density at radius 3 is 2.62 bits per heavy atom. The number of hydrogen-bond acceptors (Lipinski definition) is 3. The van der Waals surface area contributed by atoms with Crippen molar-refractivity contribution in [3.8, 4) is 0 Å². The summed E-state index contributed by atoms with van der Waals surface area (Å²) in [6, 6.07) is 9.80. The Balaban J connectivity index is 1.95. The summed E-state index contributed by atoms with van der Waals surface area (Å²) >= 11 is 6.75. The van der Waals surface area contributed by atoms with Gasteiger partial charge in [0.05, 0.1) is 0 Å². The molecule has 0 amide bonds. The van der Waals surface area contributed by atoms with Crippen LogP contribution in [0.5, 0.6) is 0 Å². The minimum atomic E-state index is 0.556. The number of rotatable bonds is 2. The number of hydrogen-bond donors (Lipinski definition) is 2. The summed E-state index contributed by atoms with van der Waals surface area (Å²) in [7, 11) is 0. The molecule has 0 saturated carbocycles. The highest BCUT2D eigenvalue weighted by atomic mass is 32.1. The zero-order valence-corrected chi connectivity index (χ0v) is 10.4. The van der Waals surface area contributed by atoms with Gasteiger partial charge in [-0.25, -0.2) is 4.98 Å². The van der Waals surface area contributed by atoms with Gasteiger partial charge in [-0.3, -0.25) is 0 Å². The average Bonchev–Trinajstić information content (AvgIpc) is 2.65. The van der Waals surface area contributed by atoms with Gasteiger partial charge in [-0.1, -0.05) is 18.2 Å². The quantitative estimate of drug-likeness (QED) is 0.801. The van der Waals surface area contributed by atoms with E-state index >= 15 is 0 Å². The predicted molar refractivity (Wildman–Crippen MR) is 73.1 cm³/mol. The first-order chi connectivity index (χ1) is 7.74. The standard InChI is InChI=1S/C11H11N3S2/c1-8-7-12-11(16-8)14-10(15)13-9-5-3-2-4-6-9/h2-7H,1H3,(H2,12,13,14,15). The summed E-state index contributed by atoms with van der Waals surface area (Å²) in [5.74, 6) is 0. The Hall–Kier alpha value is -1.46. The number of thiocarbonyl (C=S) groups is 1. The van der Waals surface area contributed by atoms with Crippen molar-refractivity contribution in [2.45, 2.75) is 6.92 Å². The molecule has 0 spiro atoms. The molecule has 0 fully saturated rings. The summed E-state index contributed by atoms with van der Waals surface area (Å²) in [5, 5.41) is 7.49. The van der Waals surface area contributed by atoms with E-state index in [-0.39, 0.29) is 0 Å². The van der Waals surface area contributed by atoms with E-state index in [4.69, 9.17) is 12.2 Å². The van der Waals surface area contributed by atoms with Gasteiger partial charge < -0.3 is 10.6 Å². The number of aryl methyl sites for hydroxylation is 1. The van der Waals surface area contributed by atoms with Crippen LogP contribution in [0.25, 0.3) is 0 Å². The maximum atomic E-state index is 5.17. The van der Waals surface area contributed by atoms with Gasteiger partial charge in [-0.2, -0.15) is 0 Å². The summed E-state index contributed by atoms with van der Waals surface area (Å²) < 4.78 is 0. The Morgan fingerprint density at radius 1 is 1.25 bits per heavy atom. The van der Waals surface area contributed by atoms with Crippen LogP contribution in [-0.4, -0.2) is 10.1 Å². The molecule has 1 aromatic heterocycles. The maximum Gasteiger partial charge on any atom is 0.189 e. The molecule has 3 nitrogen and oxygen atoms in total. The molecule has 16 heavy (non-hydrogen) atoms. The lowest BCUT2D eigenvalue weighted by Gasteiger charge is -2.07. The highest BCUT2D eigenvalue weighted by molar-refractivity contribution is 7.80. The van der Waals surface area contributed by atoms with E-state index in [2.05, 4.69) is 15.6 Å². The summed E-state index contributed by atoms with van der Waals surface area (Å²) in [4.78, 5) is 5.33. The SMILES string of the molecule is Cc1cnc(NC(=S)Nc2ccccc2)s1. The van der Waals surface area contributed by atoms with Gasteiger partial charge in [-0.15, -0.1) is 11.3 Å². The van der Waals surface area contributed by atoms with Crippen LogP contribution >= 0.6 is 23.6 Å². The van der Waals surface area contributed by atoms with Crippen LogP contribution in [-0.2, 0) is 0 Å². The predicted octanol–water partition coefficient (Wildman–Crippen LogP) is 3.26. The molecule has 2 aromatic rings. The minimum Gasteiger partial charge on any atom is -0.332 e. The molecule has 0 aliphatic rings. The molecule has 0 aliphatic carbocycles. The van der Waals surface area contributed by atoms with Crippen LogP contribution in [0.15, 0.2) is 36.5 Å². The van der Waals surface area contributed by atoms with Crippen LogP contribution in [0.1, 0.15) is 4.88 Å². The molecule has 0 saturated heterocycles. The molecule has 5 heteroatoms. The van der Waals surface area contributed by atoms with Crippen molar-refractivity contribution in [2.24, 2.45) is 0 Å². The minimum absolute atomic E-state index is 0.556. The highest BCUT2D eigenvalue weighted by Gasteiger charge is 2.01. The molecule has 2 rings (SSSR count). The second-order valence-corrected chi connectivity index (χ2v) is 4.86. The molecule has 0 aliphatic heterocycles. The van der Waals surface area contributed by atoms with Crippen molar-refractivity contribution in [2.75, 3.05) is 10.6 Å². The molecule has 1 aromatic carbocycles. The van der Waals surface area contributed by atoms with Crippen molar-refractivity contribution in [1.29, 1.82) is 0 Å². The van der Waals surface area contributed by atoms with E-state index in [1.165, 1.54) is 0 Å². The molecule has 0 unspecified atom stereocenters. The fraction of sp³-hybridized carbons (Fsp3) is 0.0909. The third-order valence-electron chi connectivity index (χ3n) is 1.87. The fourth-order valence-corrected chi connectivity index (χ4v) is 2.14. The van der Waals surface area contributed by atoms with E-state index < -0.39 is 0 Å². The van der Waals surface area contributed by atoms with Gasteiger partial charge in [0, 0.05) is 16.8 Å². The van der Waals surface area contributed by atoms with Gasteiger partial charge in [0.25, 0.3) is 0 Å². The van der Waals surface area contributed by atoms with Crippen molar-refractivity contribution >= 4 is 39.5 Å². The average molecular weight is 249 g/mol. The summed E-state index contributed by atoms with van der Waals surface area (Å²) in [5.41, 5.74) is 0.966. The Morgan fingerprint density at radius 2 is 2.00 bits per heavy atom. The number of para-hydroxylation sites is 1. The largest absolute Gasteiger partial charge is 0.332 e. The lowest BCUT2D eigenvalue weighted by molar-refractivity contribution is 1.38. The van der Waals surface area contributed by atoms with E-state index in [1.807, 2.05) is 43.5 Å². The maximum absolute atomic E-state index is 5.17. The number of thiazole rings is 1. The second-order valence-electron chi connectivity index (χ2n) is 3.22. The van der Waals surface area contributed by atoms with E-state index in [9.17, 15) is 0 Å². The molecule has 0 radical (unpaired) electrons. The fourth-order valence-electron chi connectivity index (χ4n) is 1.19. The molecule has 82 valence electrons. The number of nitrogens with zero attached hydrogens (tertiary/aromatic N) is 1. The molecular formula is C11H11N3S2. The van der Waals surface area contributed by atoms with Gasteiger partial charge >= 0.3 is 0 Å². The normalized spacial score (nSPS) is 9.81. The zero-order chi connectivity index (χ0) is 11.4. The molecule has 2 N–H and O–H groups in total.